The van der Waals surface area contributed by atoms with Crippen molar-refractivity contribution in [2.75, 3.05) is 33.9 Å². The molecule has 0 spiro atoms. The number of aromatic nitrogens is 2. The van der Waals surface area contributed by atoms with E-state index in [9.17, 15) is 4.79 Å². The molecule has 2 aromatic carbocycles. The highest BCUT2D eigenvalue weighted by molar-refractivity contribution is 5.93. The molecule has 32 heavy (non-hydrogen) atoms. The van der Waals surface area contributed by atoms with Gasteiger partial charge in [-0.25, -0.2) is 4.68 Å². The highest BCUT2D eigenvalue weighted by atomic mass is 16.5. The summed E-state index contributed by atoms with van der Waals surface area (Å²) in [6, 6.07) is 17.1. The fourth-order valence-electron chi connectivity index (χ4n) is 3.13. The Labute approximate surface area is 188 Å². The number of carbonyl (C=O) groups excluding carboxylic acids is 1. The van der Waals surface area contributed by atoms with E-state index in [2.05, 4.69) is 10.4 Å². The highest BCUT2D eigenvalue weighted by Gasteiger charge is 2.19. The van der Waals surface area contributed by atoms with Crippen LogP contribution in [0.1, 0.15) is 24.3 Å². The van der Waals surface area contributed by atoms with Gasteiger partial charge in [-0.3, -0.25) is 10.1 Å². The zero-order chi connectivity index (χ0) is 23.1. The summed E-state index contributed by atoms with van der Waals surface area (Å²) >= 11 is 0. The second-order valence-corrected chi connectivity index (χ2v) is 7.46. The van der Waals surface area contributed by atoms with E-state index in [0.717, 1.165) is 28.4 Å². The second kappa shape index (κ2) is 10.8. The van der Waals surface area contributed by atoms with E-state index in [1.54, 1.807) is 23.7 Å². The molecule has 3 N–H and O–H groups in total. The largest absolute Gasteiger partial charge is 0.497 e. The fraction of sp³-hybridized carbons (Fsp3) is 0.333. The van der Waals surface area contributed by atoms with Crippen molar-refractivity contribution in [3.8, 4) is 28.4 Å². The molecule has 1 heterocycles. The lowest BCUT2D eigenvalue weighted by Crippen LogP contribution is -2.36. The van der Waals surface area contributed by atoms with Crippen LogP contribution in [0, 0.1) is 0 Å². The monoisotopic (exact) mass is 437 g/mol. The second-order valence-electron chi connectivity index (χ2n) is 7.46. The van der Waals surface area contributed by atoms with Crippen molar-refractivity contribution < 1.29 is 14.3 Å². The number of carbonyl (C=O) groups is 1. The van der Waals surface area contributed by atoms with Gasteiger partial charge in [0.25, 0.3) is 5.91 Å². The molecule has 3 rings (SSSR count). The van der Waals surface area contributed by atoms with E-state index < -0.39 is 0 Å². The van der Waals surface area contributed by atoms with Crippen molar-refractivity contribution >= 4 is 5.91 Å². The Hall–Kier alpha value is -3.36. The van der Waals surface area contributed by atoms with E-state index >= 15 is 0 Å². The maximum absolute atomic E-state index is 12.7. The Morgan fingerprint density at radius 3 is 2.41 bits per heavy atom. The number of ether oxygens (including phenoxy) is 2. The quantitative estimate of drug-likeness (QED) is 0.374. The summed E-state index contributed by atoms with van der Waals surface area (Å²) in [4.78, 5) is 14.4. The summed E-state index contributed by atoms with van der Waals surface area (Å²) in [5, 5.41) is 7.72. The topological polar surface area (TPSA) is 94.6 Å². The molecule has 0 radical (unpaired) electrons. The smallest absolute Gasteiger partial charge is 0.274 e. The molecule has 8 heteroatoms. The number of hydrogen-bond donors (Lipinski definition) is 2. The predicted octanol–water partition coefficient (Wildman–Crippen LogP) is 2.91. The van der Waals surface area contributed by atoms with Gasteiger partial charge in [-0.2, -0.15) is 5.10 Å². The van der Waals surface area contributed by atoms with Crippen molar-refractivity contribution in [2.24, 2.45) is 5.73 Å². The van der Waals surface area contributed by atoms with Crippen LogP contribution in [0.3, 0.4) is 0 Å². The van der Waals surface area contributed by atoms with Crippen LogP contribution in [0.5, 0.6) is 11.5 Å². The van der Waals surface area contributed by atoms with Gasteiger partial charge >= 0.3 is 0 Å². The Bertz CT molecular complexity index is 1010. The summed E-state index contributed by atoms with van der Waals surface area (Å²) in [5.74, 6) is 1.39. The zero-order valence-electron chi connectivity index (χ0n) is 19.0. The Balaban J connectivity index is 1.89. The van der Waals surface area contributed by atoms with Crippen molar-refractivity contribution in [2.45, 2.75) is 20.0 Å². The minimum absolute atomic E-state index is 0.0668. The number of benzene rings is 2. The lowest BCUT2D eigenvalue weighted by atomic mass is 10.1. The van der Waals surface area contributed by atoms with Crippen molar-refractivity contribution in [1.29, 1.82) is 0 Å². The molecule has 0 fully saturated rings. The predicted molar refractivity (Wildman–Crippen MR) is 125 cm³/mol. The molecule has 1 atom stereocenters. The summed E-state index contributed by atoms with van der Waals surface area (Å²) in [5.41, 5.74) is 8.64. The van der Waals surface area contributed by atoms with Crippen molar-refractivity contribution in [3.05, 3.63) is 60.3 Å². The molecule has 1 unspecified atom stereocenters. The molecular formula is C24H31N5O3. The first kappa shape index (κ1) is 23.3. The number of nitrogens with two attached hydrogens (primary N) is 1. The lowest BCUT2D eigenvalue weighted by molar-refractivity contribution is 0.0796. The summed E-state index contributed by atoms with van der Waals surface area (Å²) in [6.45, 7) is 5.61. The molecule has 0 aliphatic rings. The molecule has 170 valence electrons. The Kier molecular flexibility index (Phi) is 7.86. The summed E-state index contributed by atoms with van der Waals surface area (Å²) < 4.78 is 12.8. The highest BCUT2D eigenvalue weighted by Crippen LogP contribution is 2.27. The first-order valence-corrected chi connectivity index (χ1v) is 10.6. The maximum Gasteiger partial charge on any atom is 0.274 e. The molecule has 0 aliphatic carbocycles. The van der Waals surface area contributed by atoms with Crippen molar-refractivity contribution in [3.63, 3.8) is 0 Å². The third-order valence-electron chi connectivity index (χ3n) is 5.05. The van der Waals surface area contributed by atoms with Gasteiger partial charge in [0.05, 0.1) is 24.7 Å². The van der Waals surface area contributed by atoms with Crippen LogP contribution in [-0.4, -0.2) is 60.6 Å². The summed E-state index contributed by atoms with van der Waals surface area (Å²) in [6.07, 6.45) is -0.0668. The molecule has 0 saturated heterocycles. The summed E-state index contributed by atoms with van der Waals surface area (Å²) in [7, 11) is 3.39. The van der Waals surface area contributed by atoms with Crippen LogP contribution in [-0.2, 0) is 0 Å². The third kappa shape index (κ3) is 5.66. The van der Waals surface area contributed by atoms with Crippen molar-refractivity contribution in [1.82, 2.24) is 20.0 Å². The first-order valence-electron chi connectivity index (χ1n) is 10.6. The molecule has 1 aromatic heterocycles. The van der Waals surface area contributed by atoms with E-state index in [0.29, 0.717) is 25.4 Å². The van der Waals surface area contributed by atoms with E-state index in [-0.39, 0.29) is 12.1 Å². The van der Waals surface area contributed by atoms with Crippen LogP contribution < -0.4 is 20.5 Å². The normalized spacial score (nSPS) is 11.8. The lowest BCUT2D eigenvalue weighted by Gasteiger charge is -2.12. The van der Waals surface area contributed by atoms with Crippen LogP contribution in [0.15, 0.2) is 54.6 Å². The first-order chi connectivity index (χ1) is 15.4. The number of nitrogens with one attached hydrogen (secondary N) is 1. The maximum atomic E-state index is 12.7. The Morgan fingerprint density at radius 2 is 1.81 bits per heavy atom. The third-order valence-corrected chi connectivity index (χ3v) is 5.05. The number of amides is 1. The molecule has 0 saturated carbocycles. The zero-order valence-corrected chi connectivity index (χ0v) is 19.0. The minimum Gasteiger partial charge on any atom is -0.497 e. The molecule has 8 nitrogen and oxygen atoms in total. The fourth-order valence-corrected chi connectivity index (χ4v) is 3.13. The number of methoxy groups -OCH3 is 1. The van der Waals surface area contributed by atoms with Gasteiger partial charge in [-0.15, -0.1) is 0 Å². The van der Waals surface area contributed by atoms with Gasteiger partial charge in [0.15, 0.2) is 5.69 Å². The van der Waals surface area contributed by atoms with Crippen LogP contribution in [0.4, 0.5) is 0 Å². The van der Waals surface area contributed by atoms with Gasteiger partial charge in [-0.1, -0.05) is 0 Å². The van der Waals surface area contributed by atoms with E-state index in [4.69, 9.17) is 15.2 Å². The molecule has 3 aromatic rings. The molecular weight excluding hydrogens is 406 g/mol. The molecule has 0 aliphatic heterocycles. The van der Waals surface area contributed by atoms with Gasteiger partial charge < -0.3 is 20.1 Å². The molecule has 1 amide bonds. The molecule has 0 bridgehead atoms. The van der Waals surface area contributed by atoms with Crippen LogP contribution in [0.25, 0.3) is 16.9 Å². The SMILES string of the molecule is CCN(C)C(=O)c1cc(-c2ccc(OCCNC(C)N)cc2)n(-c2ccc(OC)cc2)n1. The minimum atomic E-state index is -0.123. The number of nitrogens with zero attached hydrogens (tertiary/aromatic N) is 3. The Morgan fingerprint density at radius 1 is 1.16 bits per heavy atom. The van der Waals surface area contributed by atoms with Gasteiger partial charge in [0.2, 0.25) is 0 Å². The number of hydrogen-bond acceptors (Lipinski definition) is 6. The van der Waals surface area contributed by atoms with Crippen LogP contribution in [0.2, 0.25) is 0 Å². The van der Waals surface area contributed by atoms with Gasteiger partial charge in [0.1, 0.15) is 18.1 Å². The van der Waals surface area contributed by atoms with E-state index in [1.807, 2.05) is 68.4 Å². The van der Waals surface area contributed by atoms with Gasteiger partial charge in [-0.05, 0) is 68.4 Å². The van der Waals surface area contributed by atoms with E-state index in [1.165, 1.54) is 0 Å². The average Bonchev–Trinajstić information content (AvgIpc) is 3.26. The standard InChI is InChI=1S/C24H31N5O3/c1-5-28(3)24(30)22-16-23(29(27-22)19-8-12-20(31-4)13-9-19)18-6-10-21(11-7-18)32-15-14-26-17(2)25/h6-13,16-17,26H,5,14-15,25H2,1-4H3. The number of rotatable bonds is 10. The van der Waals surface area contributed by atoms with Gasteiger partial charge in [0, 0.05) is 25.7 Å². The van der Waals surface area contributed by atoms with Crippen LogP contribution >= 0.6 is 0 Å². The average molecular weight is 438 g/mol.